The zero-order valence-corrected chi connectivity index (χ0v) is 14.8. The normalized spacial score (nSPS) is 14.6. The van der Waals surface area contributed by atoms with E-state index in [0.29, 0.717) is 48.2 Å². The van der Waals surface area contributed by atoms with Crippen LogP contribution >= 0.6 is 15.9 Å². The number of H-pyrrole nitrogens is 1. The van der Waals surface area contributed by atoms with Crippen LogP contribution < -0.4 is 16.7 Å². The predicted octanol–water partition coefficient (Wildman–Crippen LogP) is 1.78. The summed E-state index contributed by atoms with van der Waals surface area (Å²) in [4.78, 5) is 33.5. The number of hydrogen-bond donors (Lipinski definition) is 2. The number of aromatic amines is 1. The van der Waals surface area contributed by atoms with Crippen LogP contribution in [-0.2, 0) is 19.5 Å². The summed E-state index contributed by atoms with van der Waals surface area (Å²) in [6.07, 6.45) is 2.12. The number of aromatic nitrogens is 2. The molecule has 1 aliphatic heterocycles. The average molecular weight is 403 g/mol. The van der Waals surface area contributed by atoms with Crippen molar-refractivity contribution in [3.05, 3.63) is 66.3 Å². The predicted molar refractivity (Wildman–Crippen MR) is 97.3 cm³/mol. The van der Waals surface area contributed by atoms with E-state index in [2.05, 4.69) is 25.9 Å². The molecule has 0 unspecified atom stereocenters. The quantitative estimate of drug-likeness (QED) is 0.676. The van der Waals surface area contributed by atoms with E-state index in [1.807, 2.05) is 11.0 Å². The highest BCUT2D eigenvalue weighted by Crippen LogP contribution is 2.20. The summed E-state index contributed by atoms with van der Waals surface area (Å²) in [5.74, 6) is 0.137. The summed E-state index contributed by atoms with van der Waals surface area (Å²) in [5, 5.41) is 0.538. The molecule has 0 saturated carbocycles. The van der Waals surface area contributed by atoms with E-state index in [1.165, 1.54) is 6.26 Å². The van der Waals surface area contributed by atoms with Crippen molar-refractivity contribution in [2.45, 2.75) is 19.5 Å². The molecule has 0 amide bonds. The van der Waals surface area contributed by atoms with Crippen LogP contribution in [0.3, 0.4) is 0 Å². The minimum atomic E-state index is -0.221. The molecule has 2 aromatic heterocycles. The van der Waals surface area contributed by atoms with Gasteiger partial charge in [-0.1, -0.05) is 15.9 Å². The van der Waals surface area contributed by atoms with Crippen LogP contribution in [0.25, 0.3) is 11.0 Å². The van der Waals surface area contributed by atoms with E-state index in [-0.39, 0.29) is 16.9 Å². The summed E-state index contributed by atoms with van der Waals surface area (Å²) in [6.45, 7) is 1.53. The Hall–Kier alpha value is -2.45. The Kier molecular flexibility index (Phi) is 3.93. The van der Waals surface area contributed by atoms with Gasteiger partial charge in [0.1, 0.15) is 5.58 Å². The molecule has 0 atom stereocenters. The molecule has 0 aliphatic carbocycles. The number of nitrogens with zero attached hydrogens (tertiary/aromatic N) is 2. The van der Waals surface area contributed by atoms with Gasteiger partial charge in [-0.2, -0.15) is 0 Å². The molecule has 0 spiro atoms. The van der Waals surface area contributed by atoms with E-state index in [1.54, 1.807) is 12.1 Å². The van der Waals surface area contributed by atoms with Gasteiger partial charge < -0.3 is 10.2 Å². The summed E-state index contributed by atoms with van der Waals surface area (Å²) >= 11 is 3.38. The third-order valence-electron chi connectivity index (χ3n) is 4.37. The molecular weight excluding hydrogens is 388 g/mol. The van der Waals surface area contributed by atoms with E-state index in [0.717, 1.165) is 10.2 Å². The lowest BCUT2D eigenvalue weighted by atomic mass is 10.1. The van der Waals surface area contributed by atoms with Crippen molar-refractivity contribution in [2.24, 2.45) is 0 Å². The van der Waals surface area contributed by atoms with Crippen LogP contribution in [0.5, 0.6) is 0 Å². The molecule has 25 heavy (non-hydrogen) atoms. The fraction of sp³-hybridized carbons (Fsp3) is 0.235. The van der Waals surface area contributed by atoms with Crippen molar-refractivity contribution in [1.29, 1.82) is 0 Å². The molecule has 0 fully saturated rings. The van der Waals surface area contributed by atoms with Gasteiger partial charge in [0.25, 0.3) is 5.56 Å². The Morgan fingerprint density at radius 2 is 2.20 bits per heavy atom. The first-order valence-corrected chi connectivity index (χ1v) is 8.60. The van der Waals surface area contributed by atoms with Gasteiger partial charge in [-0.15, -0.1) is 0 Å². The van der Waals surface area contributed by atoms with Crippen molar-refractivity contribution < 1.29 is 4.42 Å². The van der Waals surface area contributed by atoms with Crippen LogP contribution in [-0.4, -0.2) is 21.4 Å². The lowest BCUT2D eigenvalue weighted by Gasteiger charge is -2.27. The SMILES string of the molecule is Nc1nc2c(c(=O)[nH]1)CN(Cc1coc3ccc(Br)cc3c1=O)CC2. The Labute approximate surface area is 150 Å². The van der Waals surface area contributed by atoms with Gasteiger partial charge in [0.15, 0.2) is 5.43 Å². The standard InChI is InChI=1S/C17H15BrN4O3/c18-10-1-2-14-11(5-10)15(23)9(8-25-14)6-22-4-3-13-12(7-22)16(24)21-17(19)20-13/h1-2,5,8H,3-4,6-7H2,(H3,19,20,21,24). The van der Waals surface area contributed by atoms with E-state index < -0.39 is 0 Å². The van der Waals surface area contributed by atoms with Crippen molar-refractivity contribution in [2.75, 3.05) is 12.3 Å². The highest BCUT2D eigenvalue weighted by atomic mass is 79.9. The van der Waals surface area contributed by atoms with Crippen molar-refractivity contribution in [3.8, 4) is 0 Å². The maximum absolute atomic E-state index is 12.7. The molecule has 0 saturated heterocycles. The fourth-order valence-electron chi connectivity index (χ4n) is 3.13. The molecule has 1 aliphatic rings. The zero-order chi connectivity index (χ0) is 17.6. The highest BCUT2D eigenvalue weighted by Gasteiger charge is 2.22. The smallest absolute Gasteiger partial charge is 0.257 e. The number of nitrogens with one attached hydrogen (secondary N) is 1. The lowest BCUT2D eigenvalue weighted by molar-refractivity contribution is 0.239. The van der Waals surface area contributed by atoms with Crippen molar-refractivity contribution in [3.63, 3.8) is 0 Å². The Morgan fingerprint density at radius 1 is 1.36 bits per heavy atom. The first-order chi connectivity index (χ1) is 12.0. The number of rotatable bonds is 2. The first-order valence-electron chi connectivity index (χ1n) is 7.81. The Bertz CT molecular complexity index is 1090. The van der Waals surface area contributed by atoms with E-state index >= 15 is 0 Å². The maximum Gasteiger partial charge on any atom is 0.257 e. The largest absolute Gasteiger partial charge is 0.464 e. The maximum atomic E-state index is 12.7. The molecule has 1 aromatic carbocycles. The molecule has 128 valence electrons. The topological polar surface area (TPSA) is 105 Å². The second-order valence-electron chi connectivity index (χ2n) is 6.07. The van der Waals surface area contributed by atoms with Crippen molar-refractivity contribution >= 4 is 32.8 Å². The molecule has 3 aromatic rings. The molecular formula is C17H15BrN4O3. The van der Waals surface area contributed by atoms with Gasteiger partial charge in [-0.3, -0.25) is 19.5 Å². The van der Waals surface area contributed by atoms with Crippen LogP contribution in [0, 0.1) is 0 Å². The Morgan fingerprint density at radius 3 is 3.04 bits per heavy atom. The number of anilines is 1. The van der Waals surface area contributed by atoms with Gasteiger partial charge in [-0.25, -0.2) is 4.98 Å². The fourth-order valence-corrected chi connectivity index (χ4v) is 3.49. The third kappa shape index (κ3) is 2.98. The minimum absolute atomic E-state index is 0.0577. The number of benzene rings is 1. The highest BCUT2D eigenvalue weighted by molar-refractivity contribution is 9.10. The summed E-state index contributed by atoms with van der Waals surface area (Å²) in [5.41, 5.74) is 7.76. The molecule has 3 heterocycles. The number of fused-ring (bicyclic) bond motifs is 2. The van der Waals surface area contributed by atoms with Crippen LogP contribution in [0.1, 0.15) is 16.8 Å². The Balaban J connectivity index is 1.65. The van der Waals surface area contributed by atoms with Crippen LogP contribution in [0.15, 0.2) is 42.9 Å². The monoisotopic (exact) mass is 402 g/mol. The molecule has 7 nitrogen and oxygen atoms in total. The van der Waals surface area contributed by atoms with Gasteiger partial charge in [0.05, 0.1) is 22.9 Å². The molecule has 0 bridgehead atoms. The van der Waals surface area contributed by atoms with E-state index in [9.17, 15) is 9.59 Å². The number of nitrogen functional groups attached to an aromatic ring is 1. The third-order valence-corrected chi connectivity index (χ3v) is 4.86. The summed E-state index contributed by atoms with van der Waals surface area (Å²) < 4.78 is 6.41. The second kappa shape index (κ2) is 6.12. The average Bonchev–Trinajstić information content (AvgIpc) is 2.58. The molecule has 0 radical (unpaired) electrons. The molecule has 3 N–H and O–H groups in total. The number of nitrogens with two attached hydrogens (primary N) is 1. The molecule has 4 rings (SSSR count). The first kappa shape index (κ1) is 16.0. The van der Waals surface area contributed by atoms with Crippen LogP contribution in [0.2, 0.25) is 0 Å². The summed E-state index contributed by atoms with van der Waals surface area (Å²) in [7, 11) is 0. The van der Waals surface area contributed by atoms with E-state index in [4.69, 9.17) is 10.2 Å². The number of halogens is 1. The molecule has 8 heteroatoms. The van der Waals surface area contributed by atoms with Gasteiger partial charge >= 0.3 is 0 Å². The van der Waals surface area contributed by atoms with Crippen LogP contribution in [0.4, 0.5) is 5.95 Å². The number of hydrogen-bond acceptors (Lipinski definition) is 6. The zero-order valence-electron chi connectivity index (χ0n) is 13.2. The van der Waals surface area contributed by atoms with Crippen molar-refractivity contribution in [1.82, 2.24) is 14.9 Å². The van der Waals surface area contributed by atoms with Gasteiger partial charge in [-0.05, 0) is 18.2 Å². The second-order valence-corrected chi connectivity index (χ2v) is 6.98. The van der Waals surface area contributed by atoms with Gasteiger partial charge in [0.2, 0.25) is 5.95 Å². The minimum Gasteiger partial charge on any atom is -0.464 e. The summed E-state index contributed by atoms with van der Waals surface area (Å²) in [6, 6.07) is 5.35. The lowest BCUT2D eigenvalue weighted by Crippen LogP contribution is -2.36. The van der Waals surface area contributed by atoms with Gasteiger partial charge in [0, 0.05) is 36.1 Å².